The molecule has 0 spiro atoms. The maximum Gasteiger partial charge on any atom is 0.255 e. The summed E-state index contributed by atoms with van der Waals surface area (Å²) in [7, 11) is 0. The minimum atomic E-state index is -0.218. The number of hydrogen-bond acceptors (Lipinski definition) is 2. The average Bonchev–Trinajstić information content (AvgIpc) is 3.38. The van der Waals surface area contributed by atoms with E-state index in [1.807, 2.05) is 24.3 Å². The first kappa shape index (κ1) is 17.2. The highest BCUT2D eigenvalue weighted by atomic mass is 16.2. The standard InChI is InChI=1S/C21H24N2O2/c1-21(2,3)16-7-9-17(10-8-16)22-19(24)14-5-4-6-15(13-14)20(25)23-18-11-12-18/h4-10,13,18H,11-12H2,1-3H3,(H,22,24)(H,23,25). The number of hydrogen-bond donors (Lipinski definition) is 2. The Balaban J connectivity index is 1.69. The fourth-order valence-electron chi connectivity index (χ4n) is 2.55. The lowest BCUT2D eigenvalue weighted by Crippen LogP contribution is -2.25. The van der Waals surface area contributed by atoms with E-state index in [9.17, 15) is 9.59 Å². The molecule has 1 aliphatic carbocycles. The fourth-order valence-corrected chi connectivity index (χ4v) is 2.55. The Morgan fingerprint density at radius 2 is 1.52 bits per heavy atom. The van der Waals surface area contributed by atoms with Crippen LogP contribution in [-0.4, -0.2) is 17.9 Å². The average molecular weight is 336 g/mol. The summed E-state index contributed by atoms with van der Waals surface area (Å²) in [6, 6.07) is 15.0. The maximum absolute atomic E-state index is 12.5. The molecular formula is C21H24N2O2. The molecule has 0 aromatic heterocycles. The number of nitrogens with one attached hydrogen (secondary N) is 2. The molecule has 0 saturated heterocycles. The molecule has 2 aromatic rings. The number of anilines is 1. The van der Waals surface area contributed by atoms with E-state index in [-0.39, 0.29) is 17.2 Å². The third-order valence-electron chi connectivity index (χ3n) is 4.31. The van der Waals surface area contributed by atoms with Gasteiger partial charge >= 0.3 is 0 Å². The first-order valence-electron chi connectivity index (χ1n) is 8.66. The minimum Gasteiger partial charge on any atom is -0.349 e. The van der Waals surface area contributed by atoms with E-state index in [1.165, 1.54) is 5.56 Å². The van der Waals surface area contributed by atoms with Gasteiger partial charge in [-0.25, -0.2) is 0 Å². The zero-order valence-corrected chi connectivity index (χ0v) is 14.9. The summed E-state index contributed by atoms with van der Waals surface area (Å²) in [6.07, 6.45) is 2.08. The number of amides is 2. The Labute approximate surface area is 148 Å². The molecular weight excluding hydrogens is 312 g/mol. The Morgan fingerprint density at radius 3 is 2.08 bits per heavy atom. The molecule has 2 aromatic carbocycles. The smallest absolute Gasteiger partial charge is 0.255 e. The van der Waals surface area contributed by atoms with E-state index in [1.54, 1.807) is 24.3 Å². The number of carbonyl (C=O) groups is 2. The predicted molar refractivity (Wildman–Crippen MR) is 100 cm³/mol. The molecule has 1 fully saturated rings. The van der Waals surface area contributed by atoms with Crippen LogP contribution in [0.1, 0.15) is 59.9 Å². The van der Waals surface area contributed by atoms with Gasteiger partial charge in [-0.2, -0.15) is 0 Å². The third-order valence-corrected chi connectivity index (χ3v) is 4.31. The van der Waals surface area contributed by atoms with Gasteiger partial charge in [0.15, 0.2) is 0 Å². The van der Waals surface area contributed by atoms with Crippen molar-refractivity contribution in [3.8, 4) is 0 Å². The second kappa shape index (κ2) is 6.71. The monoisotopic (exact) mass is 336 g/mol. The van der Waals surface area contributed by atoms with E-state index in [2.05, 4.69) is 31.4 Å². The molecule has 3 rings (SSSR count). The van der Waals surface area contributed by atoms with Gasteiger partial charge < -0.3 is 10.6 Å². The van der Waals surface area contributed by atoms with Crippen molar-refractivity contribution >= 4 is 17.5 Å². The van der Waals surface area contributed by atoms with E-state index in [4.69, 9.17) is 0 Å². The van der Waals surface area contributed by atoms with Crippen molar-refractivity contribution in [3.63, 3.8) is 0 Å². The molecule has 130 valence electrons. The van der Waals surface area contributed by atoms with Crippen LogP contribution in [0.25, 0.3) is 0 Å². The van der Waals surface area contributed by atoms with Crippen molar-refractivity contribution in [2.45, 2.75) is 45.1 Å². The van der Waals surface area contributed by atoms with Crippen molar-refractivity contribution in [2.24, 2.45) is 0 Å². The Morgan fingerprint density at radius 1 is 0.920 bits per heavy atom. The topological polar surface area (TPSA) is 58.2 Å². The van der Waals surface area contributed by atoms with Crippen LogP contribution in [0.3, 0.4) is 0 Å². The zero-order chi connectivity index (χ0) is 18.0. The number of rotatable bonds is 4. The van der Waals surface area contributed by atoms with Gasteiger partial charge in [-0.05, 0) is 54.2 Å². The highest BCUT2D eigenvalue weighted by Gasteiger charge is 2.24. The van der Waals surface area contributed by atoms with Gasteiger partial charge in [-0.3, -0.25) is 9.59 Å². The van der Waals surface area contributed by atoms with Crippen LogP contribution in [0.2, 0.25) is 0 Å². The van der Waals surface area contributed by atoms with E-state index in [0.717, 1.165) is 18.5 Å². The first-order chi connectivity index (χ1) is 11.8. The second-order valence-electron chi connectivity index (χ2n) is 7.61. The summed E-state index contributed by atoms with van der Waals surface area (Å²) in [5.41, 5.74) is 3.02. The van der Waals surface area contributed by atoms with Gasteiger partial charge in [0, 0.05) is 22.9 Å². The second-order valence-corrected chi connectivity index (χ2v) is 7.61. The molecule has 0 unspecified atom stereocenters. The summed E-state index contributed by atoms with van der Waals surface area (Å²) in [5, 5.41) is 5.82. The third kappa shape index (κ3) is 4.47. The predicted octanol–water partition coefficient (Wildman–Crippen LogP) is 4.13. The van der Waals surface area contributed by atoms with E-state index >= 15 is 0 Å². The first-order valence-corrected chi connectivity index (χ1v) is 8.66. The molecule has 0 radical (unpaired) electrons. The fraction of sp³-hybridized carbons (Fsp3) is 0.333. The Bertz CT molecular complexity index is 784. The van der Waals surface area contributed by atoms with Crippen LogP contribution >= 0.6 is 0 Å². The van der Waals surface area contributed by atoms with Gasteiger partial charge in [-0.15, -0.1) is 0 Å². The van der Waals surface area contributed by atoms with Gasteiger partial charge in [-0.1, -0.05) is 39.0 Å². The zero-order valence-electron chi connectivity index (χ0n) is 14.9. The van der Waals surface area contributed by atoms with Crippen LogP contribution < -0.4 is 10.6 Å². The normalized spacial score (nSPS) is 14.0. The quantitative estimate of drug-likeness (QED) is 0.882. The molecule has 25 heavy (non-hydrogen) atoms. The minimum absolute atomic E-state index is 0.0752. The summed E-state index contributed by atoms with van der Waals surface area (Å²) in [4.78, 5) is 24.6. The molecule has 4 nitrogen and oxygen atoms in total. The SMILES string of the molecule is CC(C)(C)c1ccc(NC(=O)c2cccc(C(=O)NC3CC3)c2)cc1. The van der Waals surface area contributed by atoms with Crippen LogP contribution in [0.4, 0.5) is 5.69 Å². The summed E-state index contributed by atoms with van der Waals surface area (Å²) >= 11 is 0. The van der Waals surface area contributed by atoms with E-state index < -0.39 is 0 Å². The lowest BCUT2D eigenvalue weighted by atomic mass is 9.87. The highest BCUT2D eigenvalue weighted by molar-refractivity contribution is 6.06. The number of benzene rings is 2. The van der Waals surface area contributed by atoms with Crippen molar-refractivity contribution in [1.29, 1.82) is 0 Å². The Kier molecular flexibility index (Phi) is 4.62. The van der Waals surface area contributed by atoms with Crippen molar-refractivity contribution in [2.75, 3.05) is 5.32 Å². The molecule has 4 heteroatoms. The van der Waals surface area contributed by atoms with Gasteiger partial charge in [0.25, 0.3) is 11.8 Å². The molecule has 1 aliphatic rings. The summed E-state index contributed by atoms with van der Waals surface area (Å²) < 4.78 is 0. The summed E-state index contributed by atoms with van der Waals surface area (Å²) in [6.45, 7) is 6.45. The maximum atomic E-state index is 12.5. The molecule has 0 heterocycles. The van der Waals surface area contributed by atoms with Crippen LogP contribution in [-0.2, 0) is 5.41 Å². The molecule has 0 aliphatic heterocycles. The van der Waals surface area contributed by atoms with Gasteiger partial charge in [0.1, 0.15) is 0 Å². The van der Waals surface area contributed by atoms with Crippen LogP contribution in [0, 0.1) is 0 Å². The largest absolute Gasteiger partial charge is 0.349 e. The van der Waals surface area contributed by atoms with Crippen molar-refractivity contribution in [1.82, 2.24) is 5.32 Å². The number of carbonyl (C=O) groups excluding carboxylic acids is 2. The van der Waals surface area contributed by atoms with Crippen molar-refractivity contribution in [3.05, 3.63) is 65.2 Å². The van der Waals surface area contributed by atoms with Crippen LogP contribution in [0.15, 0.2) is 48.5 Å². The van der Waals surface area contributed by atoms with Gasteiger partial charge in [0.2, 0.25) is 0 Å². The summed E-state index contributed by atoms with van der Waals surface area (Å²) in [5.74, 6) is -0.337. The lowest BCUT2D eigenvalue weighted by molar-refractivity contribution is 0.0951. The molecule has 0 bridgehead atoms. The molecule has 2 N–H and O–H groups in total. The molecule has 1 saturated carbocycles. The van der Waals surface area contributed by atoms with Gasteiger partial charge in [0.05, 0.1) is 0 Å². The lowest BCUT2D eigenvalue weighted by Gasteiger charge is -2.19. The van der Waals surface area contributed by atoms with E-state index in [0.29, 0.717) is 17.2 Å². The highest BCUT2D eigenvalue weighted by Crippen LogP contribution is 2.24. The van der Waals surface area contributed by atoms with Crippen LogP contribution in [0.5, 0.6) is 0 Å². The Hall–Kier alpha value is -2.62. The molecule has 0 atom stereocenters. The van der Waals surface area contributed by atoms with Crippen molar-refractivity contribution < 1.29 is 9.59 Å². The molecule has 2 amide bonds.